The minimum absolute atomic E-state index is 0.141. The van der Waals surface area contributed by atoms with Gasteiger partial charge in [0, 0.05) is 19.3 Å². The number of carboxylic acids is 1. The summed E-state index contributed by atoms with van der Waals surface area (Å²) in [5, 5.41) is 9.10. The molecule has 1 heterocycles. The largest absolute Gasteiger partial charge is 0.478 e. The van der Waals surface area contributed by atoms with Gasteiger partial charge in [-0.2, -0.15) is 0 Å². The van der Waals surface area contributed by atoms with Crippen LogP contribution in [0, 0.1) is 5.41 Å². The number of rotatable bonds is 4. The van der Waals surface area contributed by atoms with Crippen LogP contribution in [0.15, 0.2) is 12.1 Å². The summed E-state index contributed by atoms with van der Waals surface area (Å²) in [4.78, 5) is 17.6. The van der Waals surface area contributed by atoms with Crippen LogP contribution in [0.2, 0.25) is 0 Å². The smallest absolute Gasteiger partial charge is 0.335 e. The van der Waals surface area contributed by atoms with Gasteiger partial charge in [0.05, 0.1) is 5.56 Å². The van der Waals surface area contributed by atoms with Gasteiger partial charge in [-0.25, -0.2) is 9.78 Å². The van der Waals surface area contributed by atoms with Gasteiger partial charge in [0.25, 0.3) is 0 Å². The van der Waals surface area contributed by atoms with E-state index in [1.165, 1.54) is 0 Å². The monoisotopic (exact) mass is 250 g/mol. The fraction of sp³-hybridized carbons (Fsp3) is 0.571. The van der Waals surface area contributed by atoms with Gasteiger partial charge in [0.1, 0.15) is 5.82 Å². The average Bonchev–Trinajstić information content (AvgIpc) is 2.26. The number of aromatic carboxylic acids is 1. The molecule has 1 rings (SSSR count). The van der Waals surface area contributed by atoms with Crippen molar-refractivity contribution in [3.63, 3.8) is 0 Å². The summed E-state index contributed by atoms with van der Waals surface area (Å²) in [6.07, 6.45) is 0.734. The number of anilines is 1. The molecule has 4 nitrogen and oxygen atoms in total. The molecule has 0 aliphatic carbocycles. The Bertz CT molecular complexity index is 436. The maximum Gasteiger partial charge on any atom is 0.335 e. The highest BCUT2D eigenvalue weighted by Crippen LogP contribution is 2.20. The third-order valence-electron chi connectivity index (χ3n) is 2.58. The molecule has 0 saturated heterocycles. The maximum absolute atomic E-state index is 11.1. The molecule has 0 amide bonds. The second kappa shape index (κ2) is 5.38. The molecule has 0 atom stereocenters. The van der Waals surface area contributed by atoms with E-state index in [-0.39, 0.29) is 5.41 Å². The van der Waals surface area contributed by atoms with Crippen molar-refractivity contribution in [2.24, 2.45) is 5.41 Å². The van der Waals surface area contributed by atoms with E-state index < -0.39 is 5.97 Å². The molecule has 0 saturated carbocycles. The third-order valence-corrected chi connectivity index (χ3v) is 2.58. The van der Waals surface area contributed by atoms with Crippen LogP contribution in [0.4, 0.5) is 5.82 Å². The van der Waals surface area contributed by atoms with Crippen LogP contribution in [0.25, 0.3) is 0 Å². The topological polar surface area (TPSA) is 53.4 Å². The van der Waals surface area contributed by atoms with Gasteiger partial charge >= 0.3 is 5.97 Å². The van der Waals surface area contributed by atoms with Crippen LogP contribution >= 0.6 is 0 Å². The second-order valence-electron chi connectivity index (χ2n) is 5.78. The molecule has 0 unspecified atom stereocenters. The van der Waals surface area contributed by atoms with Crippen LogP contribution in [-0.2, 0) is 6.42 Å². The number of hydrogen-bond acceptors (Lipinski definition) is 3. The lowest BCUT2D eigenvalue weighted by Gasteiger charge is -2.27. The molecule has 0 bridgehead atoms. The minimum Gasteiger partial charge on any atom is -0.478 e. The molecule has 0 spiro atoms. The highest BCUT2D eigenvalue weighted by molar-refractivity contribution is 5.88. The number of carbonyl (C=O) groups is 1. The molecular formula is C14H22N2O2. The molecule has 0 aliphatic heterocycles. The van der Waals surface area contributed by atoms with Crippen molar-refractivity contribution in [1.29, 1.82) is 0 Å². The van der Waals surface area contributed by atoms with Gasteiger partial charge < -0.3 is 10.0 Å². The zero-order valence-electron chi connectivity index (χ0n) is 11.8. The molecule has 1 aromatic rings. The molecule has 0 aromatic carbocycles. The second-order valence-corrected chi connectivity index (χ2v) is 5.78. The lowest BCUT2D eigenvalue weighted by molar-refractivity contribution is 0.0696. The lowest BCUT2D eigenvalue weighted by atomic mass is 9.96. The molecule has 1 aromatic heterocycles. The predicted molar refractivity (Wildman–Crippen MR) is 73.3 cm³/mol. The highest BCUT2D eigenvalue weighted by atomic mass is 16.4. The van der Waals surface area contributed by atoms with Crippen molar-refractivity contribution >= 4 is 11.8 Å². The van der Waals surface area contributed by atoms with E-state index in [2.05, 4.69) is 25.8 Å². The van der Waals surface area contributed by atoms with Crippen LogP contribution in [0.3, 0.4) is 0 Å². The number of aromatic nitrogens is 1. The number of hydrogen-bond donors (Lipinski definition) is 1. The fourth-order valence-electron chi connectivity index (χ4n) is 1.86. The van der Waals surface area contributed by atoms with Gasteiger partial charge in [-0.05, 0) is 24.0 Å². The third kappa shape index (κ3) is 4.02. The predicted octanol–water partition coefficient (Wildman–Crippen LogP) is 2.82. The van der Waals surface area contributed by atoms with Gasteiger partial charge in [-0.15, -0.1) is 0 Å². The van der Waals surface area contributed by atoms with E-state index in [4.69, 9.17) is 5.11 Å². The van der Waals surface area contributed by atoms with Crippen molar-refractivity contribution in [2.75, 3.05) is 18.5 Å². The molecule has 0 fully saturated rings. The summed E-state index contributed by atoms with van der Waals surface area (Å²) in [5.41, 5.74) is 1.26. The average molecular weight is 250 g/mol. The van der Waals surface area contributed by atoms with Crippen LogP contribution in [0.1, 0.15) is 43.7 Å². The summed E-state index contributed by atoms with van der Waals surface area (Å²) in [7, 11) is 1.94. The van der Waals surface area contributed by atoms with Crippen molar-refractivity contribution < 1.29 is 9.90 Å². The van der Waals surface area contributed by atoms with E-state index >= 15 is 0 Å². The minimum atomic E-state index is -0.905. The van der Waals surface area contributed by atoms with Crippen molar-refractivity contribution in [1.82, 2.24) is 4.98 Å². The molecule has 1 N–H and O–H groups in total. The summed E-state index contributed by atoms with van der Waals surface area (Å²) in [6, 6.07) is 3.27. The first kappa shape index (κ1) is 14.5. The highest BCUT2D eigenvalue weighted by Gasteiger charge is 2.16. The zero-order chi connectivity index (χ0) is 13.9. The van der Waals surface area contributed by atoms with Gasteiger partial charge in [0.2, 0.25) is 0 Å². The van der Waals surface area contributed by atoms with Crippen molar-refractivity contribution in [3.8, 4) is 0 Å². The SMILES string of the molecule is CCc1cc(C(=O)O)cc(N(C)CC(C)(C)C)n1. The Kier molecular flexibility index (Phi) is 4.33. The van der Waals surface area contributed by atoms with E-state index in [9.17, 15) is 4.79 Å². The number of pyridine rings is 1. The molecule has 100 valence electrons. The quantitative estimate of drug-likeness (QED) is 0.892. The molecule has 0 radical (unpaired) electrons. The van der Waals surface area contributed by atoms with Gasteiger partial charge in [-0.1, -0.05) is 27.7 Å². The Balaban J connectivity index is 3.07. The van der Waals surface area contributed by atoms with Crippen LogP contribution in [-0.4, -0.2) is 29.7 Å². The maximum atomic E-state index is 11.1. The first-order valence-electron chi connectivity index (χ1n) is 6.18. The first-order valence-corrected chi connectivity index (χ1v) is 6.18. The van der Waals surface area contributed by atoms with E-state index in [0.717, 1.165) is 24.5 Å². The van der Waals surface area contributed by atoms with Gasteiger partial charge in [-0.3, -0.25) is 0 Å². The fourth-order valence-corrected chi connectivity index (χ4v) is 1.86. The standard InChI is InChI=1S/C14H22N2O2/c1-6-11-7-10(13(17)18)8-12(15-11)16(5)9-14(2,3)4/h7-8H,6,9H2,1-5H3,(H,17,18). The summed E-state index contributed by atoms with van der Waals surface area (Å²) in [6.45, 7) is 9.23. The van der Waals surface area contributed by atoms with Crippen molar-refractivity contribution in [2.45, 2.75) is 34.1 Å². The van der Waals surface area contributed by atoms with Crippen LogP contribution < -0.4 is 4.90 Å². The van der Waals surface area contributed by atoms with Gasteiger partial charge in [0.15, 0.2) is 0 Å². The summed E-state index contributed by atoms with van der Waals surface area (Å²) in [5.74, 6) is -0.181. The Labute approximate surface area is 109 Å². The van der Waals surface area contributed by atoms with Crippen molar-refractivity contribution in [3.05, 3.63) is 23.4 Å². The van der Waals surface area contributed by atoms with E-state index in [1.54, 1.807) is 12.1 Å². The molecular weight excluding hydrogens is 228 g/mol. The normalized spacial score (nSPS) is 11.4. The number of nitrogens with zero attached hydrogens (tertiary/aromatic N) is 2. The molecule has 0 aliphatic rings. The number of aryl methyl sites for hydroxylation is 1. The van der Waals surface area contributed by atoms with E-state index in [0.29, 0.717) is 5.56 Å². The van der Waals surface area contributed by atoms with Crippen LogP contribution in [0.5, 0.6) is 0 Å². The Hall–Kier alpha value is -1.58. The Morgan fingerprint density at radius 3 is 2.44 bits per heavy atom. The first-order chi connectivity index (χ1) is 8.23. The summed E-state index contributed by atoms with van der Waals surface area (Å²) >= 11 is 0. The zero-order valence-corrected chi connectivity index (χ0v) is 11.8. The lowest BCUT2D eigenvalue weighted by Crippen LogP contribution is -2.30. The molecule has 18 heavy (non-hydrogen) atoms. The number of carboxylic acid groups (broad SMARTS) is 1. The summed E-state index contributed by atoms with van der Waals surface area (Å²) < 4.78 is 0. The molecule has 4 heteroatoms. The Morgan fingerprint density at radius 1 is 1.39 bits per heavy atom. The van der Waals surface area contributed by atoms with E-state index in [1.807, 2.05) is 18.9 Å². The Morgan fingerprint density at radius 2 is 2.00 bits per heavy atom.